The highest BCUT2D eigenvalue weighted by atomic mass is 32.2. The van der Waals surface area contributed by atoms with Gasteiger partial charge in [-0.1, -0.05) is 19.3 Å². The van der Waals surface area contributed by atoms with Gasteiger partial charge in [0.1, 0.15) is 5.75 Å². The normalized spacial score (nSPS) is 15.2. The van der Waals surface area contributed by atoms with Crippen LogP contribution in [0, 0.1) is 0 Å². The fourth-order valence-electron chi connectivity index (χ4n) is 3.52. The maximum atomic E-state index is 12.5. The van der Waals surface area contributed by atoms with Gasteiger partial charge in [-0.25, -0.2) is 13.1 Å². The molecule has 1 aliphatic carbocycles. The van der Waals surface area contributed by atoms with Crippen molar-refractivity contribution in [3.8, 4) is 5.75 Å². The average Bonchev–Trinajstić information content (AvgIpc) is 3.21. The molecule has 0 atom stereocenters. The highest BCUT2D eigenvalue weighted by molar-refractivity contribution is 7.89. The Labute approximate surface area is 179 Å². The average molecular weight is 446 g/mol. The van der Waals surface area contributed by atoms with Crippen LogP contribution >= 0.6 is 11.5 Å². The van der Waals surface area contributed by atoms with E-state index in [0.29, 0.717) is 11.4 Å². The third-order valence-corrected chi connectivity index (χ3v) is 7.38. The zero-order valence-corrected chi connectivity index (χ0v) is 18.0. The monoisotopic (exact) mass is 445 g/mol. The second-order valence-electron chi connectivity index (χ2n) is 7.34. The summed E-state index contributed by atoms with van der Waals surface area (Å²) in [7, 11) is -3.55. The predicted molar refractivity (Wildman–Crippen MR) is 117 cm³/mol. The van der Waals surface area contributed by atoms with E-state index >= 15 is 0 Å². The van der Waals surface area contributed by atoms with Gasteiger partial charge in [0.15, 0.2) is 6.61 Å². The maximum Gasteiger partial charge on any atom is 0.262 e. The summed E-state index contributed by atoms with van der Waals surface area (Å²) in [6.45, 7) is -0.174. The number of ether oxygens (including phenoxy) is 1. The van der Waals surface area contributed by atoms with Gasteiger partial charge in [0.25, 0.3) is 5.91 Å². The zero-order chi connectivity index (χ0) is 21.0. The lowest BCUT2D eigenvalue weighted by molar-refractivity contribution is -0.118. The highest BCUT2D eigenvalue weighted by Gasteiger charge is 2.21. The molecule has 1 heterocycles. The molecule has 3 aromatic rings. The van der Waals surface area contributed by atoms with Crippen molar-refractivity contribution in [1.82, 2.24) is 9.10 Å². The molecule has 2 aromatic carbocycles. The molecular weight excluding hydrogens is 422 g/mol. The van der Waals surface area contributed by atoms with Crippen molar-refractivity contribution in [2.75, 3.05) is 11.9 Å². The van der Waals surface area contributed by atoms with Gasteiger partial charge < -0.3 is 10.1 Å². The van der Waals surface area contributed by atoms with Crippen LogP contribution < -0.4 is 14.8 Å². The van der Waals surface area contributed by atoms with Crippen molar-refractivity contribution in [3.63, 3.8) is 0 Å². The number of carbonyl (C=O) groups is 1. The van der Waals surface area contributed by atoms with Crippen LogP contribution in [0.1, 0.15) is 32.1 Å². The summed E-state index contributed by atoms with van der Waals surface area (Å²) >= 11 is 1.40. The van der Waals surface area contributed by atoms with Crippen molar-refractivity contribution in [1.29, 1.82) is 0 Å². The van der Waals surface area contributed by atoms with E-state index in [9.17, 15) is 13.2 Å². The number of anilines is 1. The van der Waals surface area contributed by atoms with Gasteiger partial charge in [0.05, 0.1) is 9.60 Å². The first kappa shape index (κ1) is 20.8. The minimum absolute atomic E-state index is 0.00690. The van der Waals surface area contributed by atoms with Gasteiger partial charge in [0.2, 0.25) is 10.0 Å². The Hall–Kier alpha value is -2.49. The Bertz CT molecular complexity index is 1120. The third-order valence-electron chi connectivity index (χ3n) is 5.07. The fraction of sp³-hybridized carbons (Fsp3) is 0.333. The number of carbonyl (C=O) groups excluding carboxylic acids is 1. The van der Waals surface area contributed by atoms with E-state index in [0.717, 1.165) is 42.2 Å². The molecule has 9 heteroatoms. The molecule has 0 unspecified atom stereocenters. The first-order valence-corrected chi connectivity index (χ1v) is 12.1. The second-order valence-corrected chi connectivity index (χ2v) is 9.89. The quantitative estimate of drug-likeness (QED) is 0.574. The molecule has 158 valence electrons. The summed E-state index contributed by atoms with van der Waals surface area (Å²) in [5.41, 5.74) is 0.673. The molecule has 1 amide bonds. The summed E-state index contributed by atoms with van der Waals surface area (Å²) < 4.78 is 38.5. The van der Waals surface area contributed by atoms with Gasteiger partial charge >= 0.3 is 0 Å². The van der Waals surface area contributed by atoms with E-state index in [2.05, 4.69) is 14.4 Å². The lowest BCUT2D eigenvalue weighted by Gasteiger charge is -2.22. The standard InChI is InChI=1S/C21H23N3O4S2/c25-21(23-17-6-11-20-15(12-17)13-22-29-20)14-28-18-7-9-19(10-8-18)30(26,27)24-16-4-2-1-3-5-16/h6-13,16,24H,1-5,14H2,(H,23,25). The van der Waals surface area contributed by atoms with Gasteiger partial charge in [-0.15, -0.1) is 0 Å². The number of nitrogens with zero attached hydrogens (tertiary/aromatic N) is 1. The molecule has 0 bridgehead atoms. The maximum absolute atomic E-state index is 12.5. The van der Waals surface area contributed by atoms with Crippen molar-refractivity contribution in [3.05, 3.63) is 48.7 Å². The molecule has 1 saturated carbocycles. The Morgan fingerprint density at radius 1 is 1.10 bits per heavy atom. The fourth-order valence-corrected chi connectivity index (χ4v) is 5.45. The summed E-state index contributed by atoms with van der Waals surface area (Å²) in [6, 6.07) is 11.7. The Morgan fingerprint density at radius 3 is 2.63 bits per heavy atom. The molecule has 7 nitrogen and oxygen atoms in total. The summed E-state index contributed by atoms with van der Waals surface area (Å²) in [6.07, 6.45) is 6.79. The van der Waals surface area contributed by atoms with Gasteiger partial charge in [-0.2, -0.15) is 4.37 Å². The number of sulfonamides is 1. The lowest BCUT2D eigenvalue weighted by Crippen LogP contribution is -2.36. The van der Waals surface area contributed by atoms with Crippen LogP contribution in [0.5, 0.6) is 5.75 Å². The van der Waals surface area contributed by atoms with Crippen molar-refractivity contribution in [2.24, 2.45) is 0 Å². The first-order valence-electron chi connectivity index (χ1n) is 9.89. The van der Waals surface area contributed by atoms with E-state index in [4.69, 9.17) is 4.74 Å². The summed E-state index contributed by atoms with van der Waals surface area (Å²) in [5, 5.41) is 3.75. The van der Waals surface area contributed by atoms with E-state index < -0.39 is 10.0 Å². The van der Waals surface area contributed by atoms with Crippen LogP contribution in [0.2, 0.25) is 0 Å². The third kappa shape index (κ3) is 5.16. The predicted octanol–water partition coefficient (Wildman–Crippen LogP) is 3.92. The summed E-state index contributed by atoms with van der Waals surface area (Å²) in [4.78, 5) is 12.3. The number of aromatic nitrogens is 1. The van der Waals surface area contributed by atoms with E-state index in [-0.39, 0.29) is 23.5 Å². The minimum atomic E-state index is -3.55. The molecule has 1 aliphatic rings. The second kappa shape index (κ2) is 9.11. The van der Waals surface area contributed by atoms with E-state index in [1.807, 2.05) is 18.2 Å². The molecule has 1 fully saturated rings. The number of nitrogens with one attached hydrogen (secondary N) is 2. The SMILES string of the molecule is O=C(COc1ccc(S(=O)(=O)NC2CCCCC2)cc1)Nc1ccc2sncc2c1. The van der Waals surface area contributed by atoms with Crippen LogP contribution in [0.25, 0.3) is 10.1 Å². The molecule has 0 aliphatic heterocycles. The van der Waals surface area contributed by atoms with Crippen LogP contribution in [0.15, 0.2) is 53.6 Å². The Morgan fingerprint density at radius 2 is 1.87 bits per heavy atom. The number of hydrogen-bond acceptors (Lipinski definition) is 6. The number of rotatable bonds is 7. The molecule has 0 saturated heterocycles. The highest BCUT2D eigenvalue weighted by Crippen LogP contribution is 2.23. The van der Waals surface area contributed by atoms with Crippen molar-refractivity contribution < 1.29 is 17.9 Å². The van der Waals surface area contributed by atoms with Crippen LogP contribution in [-0.2, 0) is 14.8 Å². The van der Waals surface area contributed by atoms with Gasteiger partial charge in [-0.3, -0.25) is 4.79 Å². The van der Waals surface area contributed by atoms with E-state index in [1.54, 1.807) is 18.3 Å². The summed E-state index contributed by atoms with van der Waals surface area (Å²) in [5.74, 6) is 0.132. The Kier molecular flexibility index (Phi) is 6.31. The minimum Gasteiger partial charge on any atom is -0.484 e. The molecular formula is C21H23N3O4S2. The van der Waals surface area contributed by atoms with Crippen molar-refractivity contribution in [2.45, 2.75) is 43.0 Å². The molecule has 30 heavy (non-hydrogen) atoms. The van der Waals surface area contributed by atoms with Gasteiger partial charge in [0, 0.05) is 23.3 Å². The number of amides is 1. The van der Waals surface area contributed by atoms with Crippen LogP contribution in [0.4, 0.5) is 5.69 Å². The smallest absolute Gasteiger partial charge is 0.262 e. The number of hydrogen-bond donors (Lipinski definition) is 2. The largest absolute Gasteiger partial charge is 0.484 e. The molecule has 4 rings (SSSR count). The van der Waals surface area contributed by atoms with Crippen LogP contribution in [0.3, 0.4) is 0 Å². The molecule has 0 spiro atoms. The van der Waals surface area contributed by atoms with Crippen LogP contribution in [-0.4, -0.2) is 31.3 Å². The zero-order valence-electron chi connectivity index (χ0n) is 16.3. The molecule has 0 radical (unpaired) electrons. The van der Waals surface area contributed by atoms with E-state index in [1.165, 1.54) is 23.7 Å². The lowest BCUT2D eigenvalue weighted by atomic mass is 9.96. The van der Waals surface area contributed by atoms with Gasteiger partial charge in [-0.05, 0) is 66.8 Å². The first-order chi connectivity index (χ1) is 14.5. The number of benzene rings is 2. The number of fused-ring (bicyclic) bond motifs is 1. The Balaban J connectivity index is 1.31. The topological polar surface area (TPSA) is 97.4 Å². The molecule has 1 aromatic heterocycles. The van der Waals surface area contributed by atoms with Crippen molar-refractivity contribution >= 4 is 43.2 Å². The molecule has 2 N–H and O–H groups in total.